The van der Waals surface area contributed by atoms with Crippen molar-refractivity contribution in [2.75, 3.05) is 17.8 Å². The highest BCUT2D eigenvalue weighted by atomic mass is 32.2. The lowest BCUT2D eigenvalue weighted by Gasteiger charge is -2.34. The maximum absolute atomic E-state index is 11.7. The zero-order valence-electron chi connectivity index (χ0n) is 9.49. The number of hydrogen-bond acceptors (Lipinski definition) is 4. The third-order valence-corrected chi connectivity index (χ3v) is 4.75. The van der Waals surface area contributed by atoms with Crippen molar-refractivity contribution < 1.29 is 14.7 Å². The highest BCUT2D eigenvalue weighted by molar-refractivity contribution is 8.00. The van der Waals surface area contributed by atoms with Gasteiger partial charge in [-0.2, -0.15) is 23.5 Å². The Balaban J connectivity index is 2.71. The molecule has 0 bridgehead atoms. The summed E-state index contributed by atoms with van der Waals surface area (Å²) in [6, 6.07) is 0. The molecule has 1 heterocycles. The topological polar surface area (TPSA) is 66.4 Å². The molecule has 1 aliphatic rings. The van der Waals surface area contributed by atoms with E-state index in [1.54, 1.807) is 18.7 Å². The zero-order chi connectivity index (χ0) is 12.2. The molecule has 0 aromatic carbocycles. The molecule has 0 radical (unpaired) electrons. The van der Waals surface area contributed by atoms with Gasteiger partial charge in [0.15, 0.2) is 0 Å². The fourth-order valence-corrected chi connectivity index (χ4v) is 3.02. The van der Waals surface area contributed by atoms with Gasteiger partial charge in [-0.25, -0.2) is 4.79 Å². The van der Waals surface area contributed by atoms with Crippen LogP contribution in [0.2, 0.25) is 0 Å². The maximum Gasteiger partial charge on any atom is 0.329 e. The lowest BCUT2D eigenvalue weighted by Crippen LogP contribution is -2.58. The second kappa shape index (κ2) is 5.82. The van der Waals surface area contributed by atoms with Gasteiger partial charge in [-0.15, -0.1) is 0 Å². The van der Waals surface area contributed by atoms with Gasteiger partial charge in [-0.05, 0) is 37.5 Å². The SMILES string of the molecule is CSC(C)C(=O)NC1(C(=O)O)CCSCC1. The Morgan fingerprint density at radius 2 is 2.00 bits per heavy atom. The Labute approximate surface area is 104 Å². The van der Waals surface area contributed by atoms with Crippen molar-refractivity contribution >= 4 is 35.4 Å². The van der Waals surface area contributed by atoms with E-state index in [1.165, 1.54) is 11.8 Å². The smallest absolute Gasteiger partial charge is 0.329 e. The largest absolute Gasteiger partial charge is 0.480 e. The van der Waals surface area contributed by atoms with Crippen molar-refractivity contribution in [3.05, 3.63) is 0 Å². The molecule has 1 fully saturated rings. The number of aliphatic carboxylic acids is 1. The molecule has 2 N–H and O–H groups in total. The molecule has 4 nitrogen and oxygen atoms in total. The molecule has 0 aliphatic carbocycles. The molecule has 1 rings (SSSR count). The van der Waals surface area contributed by atoms with Gasteiger partial charge in [0.05, 0.1) is 5.25 Å². The summed E-state index contributed by atoms with van der Waals surface area (Å²) in [5.74, 6) is 0.497. The number of carbonyl (C=O) groups is 2. The normalized spacial score (nSPS) is 21.1. The van der Waals surface area contributed by atoms with Crippen LogP contribution >= 0.6 is 23.5 Å². The van der Waals surface area contributed by atoms with E-state index in [9.17, 15) is 14.7 Å². The van der Waals surface area contributed by atoms with Crippen LogP contribution in [0.1, 0.15) is 19.8 Å². The van der Waals surface area contributed by atoms with E-state index < -0.39 is 11.5 Å². The molecule has 0 aromatic heterocycles. The first-order valence-electron chi connectivity index (χ1n) is 5.18. The minimum atomic E-state index is -1.04. The fourth-order valence-electron chi connectivity index (χ4n) is 1.56. The third kappa shape index (κ3) is 3.07. The Kier molecular flexibility index (Phi) is 4.98. The summed E-state index contributed by atoms with van der Waals surface area (Å²) in [6.45, 7) is 1.78. The summed E-state index contributed by atoms with van der Waals surface area (Å²) in [7, 11) is 0. The van der Waals surface area contributed by atoms with Gasteiger partial charge in [-0.3, -0.25) is 4.79 Å². The van der Waals surface area contributed by atoms with Gasteiger partial charge in [0.1, 0.15) is 5.54 Å². The Hall–Kier alpha value is -0.360. The summed E-state index contributed by atoms with van der Waals surface area (Å²) < 4.78 is 0. The fraction of sp³-hybridized carbons (Fsp3) is 0.800. The molecular weight excluding hydrogens is 246 g/mol. The van der Waals surface area contributed by atoms with E-state index in [0.717, 1.165) is 11.5 Å². The van der Waals surface area contributed by atoms with E-state index in [2.05, 4.69) is 5.32 Å². The van der Waals surface area contributed by atoms with Crippen LogP contribution in [0.25, 0.3) is 0 Å². The summed E-state index contributed by atoms with van der Waals surface area (Å²) in [5.41, 5.74) is -1.04. The molecule has 0 aromatic rings. The molecule has 0 saturated carbocycles. The molecule has 1 amide bonds. The average Bonchev–Trinajstić information content (AvgIpc) is 2.28. The predicted octanol–water partition coefficient (Wildman–Crippen LogP) is 1.20. The summed E-state index contributed by atoms with van der Waals surface area (Å²) >= 11 is 3.16. The van der Waals surface area contributed by atoms with Crippen molar-refractivity contribution in [1.82, 2.24) is 5.32 Å². The number of carbonyl (C=O) groups excluding carboxylic acids is 1. The first kappa shape index (κ1) is 13.7. The highest BCUT2D eigenvalue weighted by Crippen LogP contribution is 2.27. The molecule has 1 atom stereocenters. The number of hydrogen-bond donors (Lipinski definition) is 2. The van der Waals surface area contributed by atoms with Crippen LogP contribution in [-0.2, 0) is 9.59 Å². The third-order valence-electron chi connectivity index (χ3n) is 2.84. The minimum Gasteiger partial charge on any atom is -0.480 e. The maximum atomic E-state index is 11.7. The van der Waals surface area contributed by atoms with Crippen molar-refractivity contribution in [3.63, 3.8) is 0 Å². The van der Waals surface area contributed by atoms with Crippen LogP contribution < -0.4 is 5.32 Å². The Morgan fingerprint density at radius 3 is 2.44 bits per heavy atom. The second-order valence-corrected chi connectivity index (χ2v) is 6.27. The van der Waals surface area contributed by atoms with Crippen molar-refractivity contribution in [3.8, 4) is 0 Å². The molecule has 6 heteroatoms. The summed E-state index contributed by atoms with van der Waals surface area (Å²) in [6.07, 6.45) is 2.87. The standard InChI is InChI=1S/C10H17NO3S2/c1-7(15-2)8(12)11-10(9(13)14)3-5-16-6-4-10/h7H,3-6H2,1-2H3,(H,11,12)(H,13,14). The molecule has 1 aliphatic heterocycles. The van der Waals surface area contributed by atoms with Crippen LogP contribution in [0.4, 0.5) is 0 Å². The van der Waals surface area contributed by atoms with Crippen molar-refractivity contribution in [2.24, 2.45) is 0 Å². The van der Waals surface area contributed by atoms with Gasteiger partial charge in [0.2, 0.25) is 5.91 Å². The lowest BCUT2D eigenvalue weighted by atomic mass is 9.92. The van der Waals surface area contributed by atoms with Crippen LogP contribution in [0.15, 0.2) is 0 Å². The van der Waals surface area contributed by atoms with E-state index in [1.807, 2.05) is 6.26 Å². The summed E-state index contributed by atoms with van der Waals surface area (Å²) in [4.78, 5) is 23.0. The van der Waals surface area contributed by atoms with Crippen LogP contribution in [0, 0.1) is 0 Å². The number of carboxylic acids is 1. The number of amides is 1. The van der Waals surface area contributed by atoms with Crippen molar-refractivity contribution in [2.45, 2.75) is 30.6 Å². The van der Waals surface area contributed by atoms with Gasteiger partial charge in [-0.1, -0.05) is 0 Å². The molecule has 0 spiro atoms. The highest BCUT2D eigenvalue weighted by Gasteiger charge is 2.41. The molecular formula is C10H17NO3S2. The monoisotopic (exact) mass is 263 g/mol. The number of carboxylic acid groups (broad SMARTS) is 1. The molecule has 1 saturated heterocycles. The zero-order valence-corrected chi connectivity index (χ0v) is 11.1. The second-order valence-electron chi connectivity index (χ2n) is 3.87. The van der Waals surface area contributed by atoms with Gasteiger partial charge >= 0.3 is 5.97 Å². The van der Waals surface area contributed by atoms with E-state index in [-0.39, 0.29) is 11.2 Å². The van der Waals surface area contributed by atoms with E-state index in [0.29, 0.717) is 12.8 Å². The molecule has 92 valence electrons. The lowest BCUT2D eigenvalue weighted by molar-refractivity contribution is -0.148. The van der Waals surface area contributed by atoms with Gasteiger partial charge < -0.3 is 10.4 Å². The van der Waals surface area contributed by atoms with Crippen molar-refractivity contribution in [1.29, 1.82) is 0 Å². The quantitative estimate of drug-likeness (QED) is 0.798. The first-order chi connectivity index (χ1) is 7.52. The minimum absolute atomic E-state index is 0.179. The van der Waals surface area contributed by atoms with Gasteiger partial charge in [0.25, 0.3) is 0 Å². The predicted molar refractivity (Wildman–Crippen MR) is 68.0 cm³/mol. The number of thioether (sulfide) groups is 2. The van der Waals surface area contributed by atoms with Gasteiger partial charge in [0, 0.05) is 0 Å². The number of nitrogens with one attached hydrogen (secondary N) is 1. The average molecular weight is 263 g/mol. The summed E-state index contributed by atoms with van der Waals surface area (Å²) in [5, 5.41) is 11.8. The van der Waals surface area contributed by atoms with Crippen LogP contribution in [0.3, 0.4) is 0 Å². The molecule has 1 unspecified atom stereocenters. The van der Waals surface area contributed by atoms with Crippen LogP contribution in [-0.4, -0.2) is 45.5 Å². The van der Waals surface area contributed by atoms with E-state index >= 15 is 0 Å². The Bertz CT molecular complexity index is 277. The van der Waals surface area contributed by atoms with E-state index in [4.69, 9.17) is 0 Å². The number of rotatable bonds is 4. The first-order valence-corrected chi connectivity index (χ1v) is 7.62. The Morgan fingerprint density at radius 1 is 1.44 bits per heavy atom. The molecule has 16 heavy (non-hydrogen) atoms. The van der Waals surface area contributed by atoms with Crippen LogP contribution in [0.5, 0.6) is 0 Å².